The van der Waals surface area contributed by atoms with Gasteiger partial charge >= 0.3 is 0 Å². The highest BCUT2D eigenvalue weighted by atomic mass is 32.1. The lowest BCUT2D eigenvalue weighted by Crippen LogP contribution is -2.26. The lowest BCUT2D eigenvalue weighted by Gasteiger charge is -2.11. The van der Waals surface area contributed by atoms with Gasteiger partial charge in [0.1, 0.15) is 22.1 Å². The topological polar surface area (TPSA) is 52.0 Å². The zero-order valence-corrected chi connectivity index (χ0v) is 16.8. The van der Waals surface area contributed by atoms with E-state index in [1.54, 1.807) is 19.1 Å². The van der Waals surface area contributed by atoms with Crippen molar-refractivity contribution in [2.24, 2.45) is 0 Å². The third-order valence-corrected chi connectivity index (χ3v) is 5.99. The lowest BCUT2D eigenvalue weighted by molar-refractivity contribution is -0.118. The number of carbonyl (C=O) groups is 1. The maximum atomic E-state index is 14.4. The minimum atomic E-state index is -0.552. The zero-order valence-electron chi connectivity index (χ0n) is 16.0. The molecule has 0 aliphatic carbocycles. The summed E-state index contributed by atoms with van der Waals surface area (Å²) in [5.41, 5.74) is 0.972. The lowest BCUT2D eigenvalue weighted by atomic mass is 10.1. The number of hydrogen-bond acceptors (Lipinski definition) is 4. The molecule has 0 amide bonds. The summed E-state index contributed by atoms with van der Waals surface area (Å²) >= 11 is 1.03. The van der Waals surface area contributed by atoms with Gasteiger partial charge in [0.2, 0.25) is 0 Å². The molecule has 0 atom stereocenters. The molecule has 2 aromatic carbocycles. The Kier molecular flexibility index (Phi) is 5.00. The predicted molar refractivity (Wildman–Crippen MR) is 111 cm³/mol. The molecule has 0 aliphatic rings. The first-order valence-corrected chi connectivity index (χ1v) is 10.1. The third kappa shape index (κ3) is 3.46. The molecule has 0 saturated carbocycles. The fourth-order valence-electron chi connectivity index (χ4n) is 3.39. The second-order valence-electron chi connectivity index (χ2n) is 6.96. The van der Waals surface area contributed by atoms with Gasteiger partial charge in [0.25, 0.3) is 5.56 Å². The van der Waals surface area contributed by atoms with Crippen LogP contribution in [0.5, 0.6) is 0 Å². The molecular weight excluding hydrogens is 394 g/mol. The molecule has 0 saturated heterocycles. The zero-order chi connectivity index (χ0) is 20.7. The Hall–Kier alpha value is -2.93. The number of fused-ring (bicyclic) bond motifs is 2. The van der Waals surface area contributed by atoms with Crippen molar-refractivity contribution < 1.29 is 13.6 Å². The number of rotatable bonds is 5. The van der Waals surface area contributed by atoms with Crippen LogP contribution in [0.2, 0.25) is 0 Å². The molecule has 0 radical (unpaired) electrons. The average molecular weight is 412 g/mol. The number of Topliss-reactive ketones (excluding diaryl/α,β-unsaturated/α-hetero) is 1. The van der Waals surface area contributed by atoms with Crippen molar-refractivity contribution >= 4 is 38.2 Å². The fourth-order valence-corrected chi connectivity index (χ4v) is 4.35. The second-order valence-corrected chi connectivity index (χ2v) is 8.05. The molecular formula is C22H18F2N2O2S. The van der Waals surface area contributed by atoms with Crippen LogP contribution in [0, 0.1) is 18.6 Å². The first-order chi connectivity index (χ1) is 13.9. The van der Waals surface area contributed by atoms with E-state index in [-0.39, 0.29) is 40.1 Å². The number of aromatic nitrogens is 2. The Balaban J connectivity index is 1.88. The van der Waals surface area contributed by atoms with E-state index in [0.29, 0.717) is 22.5 Å². The number of benzene rings is 2. The molecule has 0 N–H and O–H groups in total. The highest BCUT2D eigenvalue weighted by Crippen LogP contribution is 2.29. The van der Waals surface area contributed by atoms with Gasteiger partial charge in [0.15, 0.2) is 5.82 Å². The second kappa shape index (κ2) is 7.48. The number of ketones is 1. The van der Waals surface area contributed by atoms with Crippen molar-refractivity contribution in [2.45, 2.75) is 33.2 Å². The van der Waals surface area contributed by atoms with E-state index in [1.165, 1.54) is 11.5 Å². The molecule has 29 heavy (non-hydrogen) atoms. The first-order valence-electron chi connectivity index (χ1n) is 9.26. The van der Waals surface area contributed by atoms with E-state index in [1.807, 2.05) is 18.2 Å². The molecule has 148 valence electrons. The average Bonchev–Trinajstić information content (AvgIpc) is 3.14. The molecule has 0 bridgehead atoms. The SMILES string of the molecule is CCC(=O)Cc1cc2ccccc2n(Cc2nc3c(F)c(C)cc(F)c3s2)c1=O. The van der Waals surface area contributed by atoms with E-state index in [0.717, 1.165) is 22.8 Å². The predicted octanol–water partition coefficient (Wildman–Crippen LogP) is 4.77. The van der Waals surface area contributed by atoms with Gasteiger partial charge in [-0.3, -0.25) is 9.59 Å². The number of para-hydroxylation sites is 1. The molecule has 7 heteroatoms. The molecule has 0 fully saturated rings. The summed E-state index contributed by atoms with van der Waals surface area (Å²) in [4.78, 5) is 29.3. The van der Waals surface area contributed by atoms with Crippen LogP contribution in [-0.4, -0.2) is 15.3 Å². The van der Waals surface area contributed by atoms with Crippen LogP contribution in [0.25, 0.3) is 21.1 Å². The van der Waals surface area contributed by atoms with Crippen LogP contribution in [-0.2, 0) is 17.8 Å². The van der Waals surface area contributed by atoms with Crippen LogP contribution in [0.3, 0.4) is 0 Å². The minimum absolute atomic E-state index is 0.0165. The van der Waals surface area contributed by atoms with Crippen molar-refractivity contribution in [1.82, 2.24) is 9.55 Å². The van der Waals surface area contributed by atoms with Gasteiger partial charge in [-0.05, 0) is 36.1 Å². The van der Waals surface area contributed by atoms with Crippen molar-refractivity contribution in [1.29, 1.82) is 0 Å². The minimum Gasteiger partial charge on any atom is -0.301 e. The van der Waals surface area contributed by atoms with E-state index in [9.17, 15) is 18.4 Å². The van der Waals surface area contributed by atoms with Crippen LogP contribution in [0.1, 0.15) is 29.5 Å². The number of thiazole rings is 1. The van der Waals surface area contributed by atoms with Gasteiger partial charge in [-0.25, -0.2) is 13.8 Å². The van der Waals surface area contributed by atoms with Crippen molar-refractivity contribution in [3.8, 4) is 0 Å². The Morgan fingerprint density at radius 1 is 1.21 bits per heavy atom. The fraction of sp³-hybridized carbons (Fsp3) is 0.227. The van der Waals surface area contributed by atoms with Crippen molar-refractivity contribution in [3.05, 3.63) is 74.5 Å². The highest BCUT2D eigenvalue weighted by Gasteiger charge is 2.18. The molecule has 0 spiro atoms. The number of hydrogen-bond donors (Lipinski definition) is 0. The molecule has 2 aromatic heterocycles. The largest absolute Gasteiger partial charge is 0.301 e. The van der Waals surface area contributed by atoms with Crippen LogP contribution in [0.4, 0.5) is 8.78 Å². The Morgan fingerprint density at radius 2 is 1.97 bits per heavy atom. The molecule has 2 heterocycles. The molecule has 4 aromatic rings. The summed E-state index contributed by atoms with van der Waals surface area (Å²) in [5, 5.41) is 1.25. The maximum Gasteiger partial charge on any atom is 0.255 e. The first kappa shape index (κ1) is 19.4. The number of nitrogens with zero attached hydrogens (tertiary/aromatic N) is 2. The summed E-state index contributed by atoms with van der Waals surface area (Å²) in [7, 11) is 0. The summed E-state index contributed by atoms with van der Waals surface area (Å²) < 4.78 is 30.3. The summed E-state index contributed by atoms with van der Waals surface area (Å²) in [6.07, 6.45) is 0.407. The Labute approximate surface area is 169 Å². The number of aryl methyl sites for hydroxylation is 1. The van der Waals surface area contributed by atoms with Gasteiger partial charge in [-0.15, -0.1) is 11.3 Å². The smallest absolute Gasteiger partial charge is 0.255 e. The van der Waals surface area contributed by atoms with E-state index >= 15 is 0 Å². The third-order valence-electron chi connectivity index (χ3n) is 4.94. The van der Waals surface area contributed by atoms with E-state index in [4.69, 9.17) is 0 Å². The number of pyridine rings is 1. The maximum absolute atomic E-state index is 14.4. The quantitative estimate of drug-likeness (QED) is 0.475. The van der Waals surface area contributed by atoms with Crippen LogP contribution in [0.15, 0.2) is 41.2 Å². The Morgan fingerprint density at radius 3 is 2.72 bits per heavy atom. The summed E-state index contributed by atoms with van der Waals surface area (Å²) in [6.45, 7) is 3.32. The molecule has 0 aliphatic heterocycles. The van der Waals surface area contributed by atoms with Gasteiger partial charge in [0.05, 0.1) is 16.8 Å². The standard InChI is InChI=1S/C22H18F2N2O2S/c1-3-15(27)10-14-9-13-6-4-5-7-17(13)26(22(14)28)11-18-25-20-19(24)12(2)8-16(23)21(20)29-18/h4-9H,3,10-11H2,1-2H3. The van der Waals surface area contributed by atoms with Gasteiger partial charge < -0.3 is 4.57 Å². The monoisotopic (exact) mass is 412 g/mol. The molecule has 4 rings (SSSR count). The summed E-state index contributed by atoms with van der Waals surface area (Å²) in [5.74, 6) is -1.10. The molecule has 0 unspecified atom stereocenters. The Bertz CT molecular complexity index is 1320. The van der Waals surface area contributed by atoms with Crippen molar-refractivity contribution in [2.75, 3.05) is 0 Å². The van der Waals surface area contributed by atoms with Crippen LogP contribution < -0.4 is 5.56 Å². The van der Waals surface area contributed by atoms with Crippen LogP contribution >= 0.6 is 11.3 Å². The normalized spacial score (nSPS) is 11.4. The number of halogens is 2. The van der Waals surface area contributed by atoms with Gasteiger partial charge in [-0.1, -0.05) is 25.1 Å². The highest BCUT2D eigenvalue weighted by molar-refractivity contribution is 7.18. The molecule has 4 nitrogen and oxygen atoms in total. The summed E-state index contributed by atoms with van der Waals surface area (Å²) in [6, 6.07) is 10.2. The van der Waals surface area contributed by atoms with E-state index < -0.39 is 11.6 Å². The number of carbonyl (C=O) groups excluding carboxylic acids is 1. The van der Waals surface area contributed by atoms with Gasteiger partial charge in [0, 0.05) is 18.4 Å². The van der Waals surface area contributed by atoms with Gasteiger partial charge in [-0.2, -0.15) is 0 Å². The van der Waals surface area contributed by atoms with E-state index in [2.05, 4.69) is 4.98 Å². The van der Waals surface area contributed by atoms with Crippen molar-refractivity contribution in [3.63, 3.8) is 0 Å².